The summed E-state index contributed by atoms with van der Waals surface area (Å²) in [7, 11) is 0. The molecule has 1 heterocycles. The van der Waals surface area contributed by atoms with Gasteiger partial charge in [-0.25, -0.2) is 8.78 Å². The molecule has 0 atom stereocenters. The van der Waals surface area contributed by atoms with Crippen molar-refractivity contribution in [3.8, 4) is 0 Å². The fourth-order valence-corrected chi connectivity index (χ4v) is 3.64. The van der Waals surface area contributed by atoms with Crippen molar-refractivity contribution in [3.05, 3.63) is 82.9 Å². The molecule has 0 aliphatic rings. The molecule has 0 saturated heterocycles. The molecule has 0 fully saturated rings. The summed E-state index contributed by atoms with van der Waals surface area (Å²) in [4.78, 5) is 11.9. The molecule has 1 amide bonds. The zero-order valence-electron chi connectivity index (χ0n) is 14.7. The van der Waals surface area contributed by atoms with E-state index in [1.165, 1.54) is 28.8 Å². The fraction of sp³-hybridized carbons (Fsp3) is 0.0952. The number of hydrogen-bond acceptors (Lipinski definition) is 1. The molecule has 2 N–H and O–H groups in total. The van der Waals surface area contributed by atoms with Crippen LogP contribution >= 0.6 is 0 Å². The summed E-state index contributed by atoms with van der Waals surface area (Å²) in [5, 5.41) is 0.610. The average Bonchev–Trinajstić information content (AvgIpc) is 2.95. The minimum atomic E-state index is -4.75. The summed E-state index contributed by atoms with van der Waals surface area (Å²) in [6.45, 7) is -0.463. The lowest BCUT2D eigenvalue weighted by Crippen LogP contribution is -2.14. The number of alkyl halides is 3. The van der Waals surface area contributed by atoms with E-state index in [-0.39, 0.29) is 5.56 Å². The van der Waals surface area contributed by atoms with Crippen LogP contribution in [0.2, 0.25) is 0 Å². The zero-order chi connectivity index (χ0) is 20.9. The number of rotatable bonds is 3. The first kappa shape index (κ1) is 18.9. The lowest BCUT2D eigenvalue weighted by molar-refractivity contribution is -0.138. The lowest BCUT2D eigenvalue weighted by atomic mass is 10.1. The second-order valence-corrected chi connectivity index (χ2v) is 6.58. The van der Waals surface area contributed by atoms with E-state index < -0.39 is 41.4 Å². The summed E-state index contributed by atoms with van der Waals surface area (Å²) >= 11 is 0. The van der Waals surface area contributed by atoms with Crippen LogP contribution in [0.5, 0.6) is 0 Å². The number of amides is 1. The van der Waals surface area contributed by atoms with Crippen molar-refractivity contribution in [2.45, 2.75) is 12.7 Å². The van der Waals surface area contributed by atoms with E-state index in [4.69, 9.17) is 5.73 Å². The molecule has 3 nitrogen and oxygen atoms in total. The monoisotopic (exact) mass is 404 g/mol. The Kier molecular flexibility index (Phi) is 4.29. The number of fused-ring (bicyclic) bond motifs is 3. The Bertz CT molecular complexity index is 1270. The van der Waals surface area contributed by atoms with Crippen molar-refractivity contribution in [1.29, 1.82) is 0 Å². The molecule has 0 radical (unpaired) electrons. The Morgan fingerprint density at radius 1 is 0.966 bits per heavy atom. The Morgan fingerprint density at radius 3 is 2.38 bits per heavy atom. The SMILES string of the molecule is NC(=O)c1cccc2c1c1cc(F)ccc1n2Cc1c(F)cccc1C(F)(F)F. The maximum Gasteiger partial charge on any atom is 0.416 e. The summed E-state index contributed by atoms with van der Waals surface area (Å²) in [5.74, 6) is -2.36. The highest BCUT2D eigenvalue weighted by molar-refractivity contribution is 6.17. The smallest absolute Gasteiger partial charge is 0.366 e. The van der Waals surface area contributed by atoms with Crippen LogP contribution < -0.4 is 5.73 Å². The van der Waals surface area contributed by atoms with Crippen molar-refractivity contribution in [1.82, 2.24) is 4.57 Å². The predicted molar refractivity (Wildman–Crippen MR) is 98.4 cm³/mol. The average molecular weight is 404 g/mol. The maximum atomic E-state index is 14.4. The van der Waals surface area contributed by atoms with E-state index in [0.717, 1.165) is 24.3 Å². The van der Waals surface area contributed by atoms with Gasteiger partial charge < -0.3 is 10.3 Å². The Labute approximate surface area is 161 Å². The third kappa shape index (κ3) is 3.10. The van der Waals surface area contributed by atoms with Gasteiger partial charge in [-0.05, 0) is 42.5 Å². The number of carbonyl (C=O) groups excluding carboxylic acids is 1. The van der Waals surface area contributed by atoms with E-state index in [1.54, 1.807) is 6.07 Å². The van der Waals surface area contributed by atoms with Crippen molar-refractivity contribution in [2.24, 2.45) is 5.73 Å². The molecule has 4 rings (SSSR count). The highest BCUT2D eigenvalue weighted by atomic mass is 19.4. The van der Waals surface area contributed by atoms with Crippen molar-refractivity contribution in [2.75, 3.05) is 0 Å². The predicted octanol–water partition coefficient (Wildman–Crippen LogP) is 5.24. The van der Waals surface area contributed by atoms with Gasteiger partial charge in [-0.3, -0.25) is 4.79 Å². The van der Waals surface area contributed by atoms with Crippen LogP contribution in [0.3, 0.4) is 0 Å². The van der Waals surface area contributed by atoms with Crippen LogP contribution in [0.25, 0.3) is 21.8 Å². The van der Waals surface area contributed by atoms with Crippen molar-refractivity contribution < 1.29 is 26.7 Å². The van der Waals surface area contributed by atoms with Gasteiger partial charge in [0.25, 0.3) is 0 Å². The number of benzene rings is 3. The Hall–Kier alpha value is -3.42. The van der Waals surface area contributed by atoms with E-state index >= 15 is 0 Å². The number of carbonyl (C=O) groups is 1. The van der Waals surface area contributed by atoms with Crippen molar-refractivity contribution >= 4 is 27.7 Å². The second kappa shape index (κ2) is 6.58. The molecule has 3 aromatic carbocycles. The van der Waals surface area contributed by atoms with Gasteiger partial charge in [0.1, 0.15) is 11.6 Å². The molecule has 0 unspecified atom stereocenters. The van der Waals surface area contributed by atoms with Crippen LogP contribution in [-0.4, -0.2) is 10.5 Å². The van der Waals surface area contributed by atoms with Crippen LogP contribution in [0.1, 0.15) is 21.5 Å². The number of halogens is 5. The summed E-state index contributed by atoms with van der Waals surface area (Å²) in [6, 6.07) is 11.0. The highest BCUT2D eigenvalue weighted by Crippen LogP contribution is 2.36. The van der Waals surface area contributed by atoms with E-state index in [0.29, 0.717) is 21.8 Å². The van der Waals surface area contributed by atoms with E-state index in [9.17, 15) is 26.7 Å². The van der Waals surface area contributed by atoms with Gasteiger partial charge in [0, 0.05) is 27.4 Å². The first-order valence-electron chi connectivity index (χ1n) is 8.53. The summed E-state index contributed by atoms with van der Waals surface area (Å²) < 4.78 is 70.0. The molecular weight excluding hydrogens is 391 g/mol. The molecule has 8 heteroatoms. The van der Waals surface area contributed by atoms with Crippen LogP contribution in [0.4, 0.5) is 22.0 Å². The molecule has 1 aromatic heterocycles. The molecule has 0 aliphatic carbocycles. The summed E-state index contributed by atoms with van der Waals surface area (Å²) in [5.41, 5.74) is 4.58. The van der Waals surface area contributed by atoms with Gasteiger partial charge in [0.2, 0.25) is 5.91 Å². The molecule has 0 aliphatic heterocycles. The quantitative estimate of drug-likeness (QED) is 0.467. The maximum absolute atomic E-state index is 14.4. The third-order valence-electron chi connectivity index (χ3n) is 4.86. The lowest BCUT2D eigenvalue weighted by Gasteiger charge is -2.15. The fourth-order valence-electron chi connectivity index (χ4n) is 3.64. The van der Waals surface area contributed by atoms with Crippen LogP contribution in [0, 0.1) is 11.6 Å². The number of nitrogens with zero attached hydrogens (tertiary/aromatic N) is 1. The normalized spacial score (nSPS) is 12.0. The second-order valence-electron chi connectivity index (χ2n) is 6.58. The molecular formula is C21H13F5N2O. The zero-order valence-corrected chi connectivity index (χ0v) is 14.7. The van der Waals surface area contributed by atoms with Gasteiger partial charge in [0.15, 0.2) is 0 Å². The van der Waals surface area contributed by atoms with E-state index in [2.05, 4.69) is 0 Å². The number of nitrogens with two attached hydrogens (primary N) is 1. The molecule has 0 saturated carbocycles. The van der Waals surface area contributed by atoms with Crippen LogP contribution in [0.15, 0.2) is 54.6 Å². The van der Waals surface area contributed by atoms with Gasteiger partial charge in [-0.15, -0.1) is 0 Å². The third-order valence-corrected chi connectivity index (χ3v) is 4.86. The minimum Gasteiger partial charge on any atom is -0.366 e. The minimum absolute atomic E-state index is 0.0985. The Balaban J connectivity index is 2.06. The first-order valence-corrected chi connectivity index (χ1v) is 8.53. The highest BCUT2D eigenvalue weighted by Gasteiger charge is 2.34. The standard InChI is InChI=1S/C21H13F5N2O/c22-11-7-8-17-13(9-11)19-12(20(27)29)3-1-6-18(19)28(17)10-14-15(21(24,25)26)4-2-5-16(14)23/h1-9H,10H2,(H2,27,29). The van der Waals surface area contributed by atoms with Gasteiger partial charge in [-0.2, -0.15) is 13.2 Å². The van der Waals surface area contributed by atoms with Gasteiger partial charge in [-0.1, -0.05) is 12.1 Å². The van der Waals surface area contributed by atoms with Gasteiger partial charge >= 0.3 is 6.18 Å². The Morgan fingerprint density at radius 2 is 1.69 bits per heavy atom. The van der Waals surface area contributed by atoms with E-state index in [1.807, 2.05) is 0 Å². The van der Waals surface area contributed by atoms with Crippen LogP contribution in [-0.2, 0) is 12.7 Å². The molecule has 29 heavy (non-hydrogen) atoms. The number of aromatic nitrogens is 1. The molecule has 0 bridgehead atoms. The molecule has 4 aromatic rings. The number of hydrogen-bond donors (Lipinski definition) is 1. The van der Waals surface area contributed by atoms with Crippen molar-refractivity contribution in [3.63, 3.8) is 0 Å². The topological polar surface area (TPSA) is 48.0 Å². The molecule has 0 spiro atoms. The number of primary amides is 1. The largest absolute Gasteiger partial charge is 0.416 e. The first-order chi connectivity index (χ1) is 13.7. The van der Waals surface area contributed by atoms with Gasteiger partial charge in [0.05, 0.1) is 17.6 Å². The molecule has 148 valence electrons. The summed E-state index contributed by atoms with van der Waals surface area (Å²) in [6.07, 6.45) is -4.75.